The Morgan fingerprint density at radius 1 is 1.47 bits per heavy atom. The van der Waals surface area contributed by atoms with Gasteiger partial charge < -0.3 is 10.6 Å². The van der Waals surface area contributed by atoms with E-state index in [2.05, 4.69) is 20.7 Å². The summed E-state index contributed by atoms with van der Waals surface area (Å²) in [5, 5.41) is 10.1. The lowest BCUT2D eigenvalue weighted by Gasteiger charge is -2.11. The fourth-order valence-corrected chi connectivity index (χ4v) is 1.66. The Balaban J connectivity index is 1.80. The van der Waals surface area contributed by atoms with Gasteiger partial charge in [-0.15, -0.1) is 0 Å². The predicted molar refractivity (Wildman–Crippen MR) is 74.0 cm³/mol. The first kappa shape index (κ1) is 13.3. The zero-order valence-electron chi connectivity index (χ0n) is 11.3. The highest BCUT2D eigenvalue weighted by Crippen LogP contribution is 2.05. The number of nitrogens with one attached hydrogen (secondary N) is 2. The van der Waals surface area contributed by atoms with Crippen molar-refractivity contribution in [3.63, 3.8) is 0 Å². The molecule has 2 heterocycles. The lowest BCUT2D eigenvalue weighted by molar-refractivity contribution is -0.121. The van der Waals surface area contributed by atoms with E-state index in [-0.39, 0.29) is 11.9 Å². The normalized spacial score (nSPS) is 12.3. The van der Waals surface area contributed by atoms with Gasteiger partial charge in [0.15, 0.2) is 5.65 Å². The van der Waals surface area contributed by atoms with Crippen molar-refractivity contribution < 1.29 is 4.79 Å². The average Bonchev–Trinajstić information content (AvgIpc) is 2.86. The third-order valence-electron chi connectivity index (χ3n) is 2.94. The molecule has 2 aromatic rings. The van der Waals surface area contributed by atoms with E-state index in [1.54, 1.807) is 10.7 Å². The Labute approximate surface area is 112 Å². The molecule has 0 aliphatic carbocycles. The summed E-state index contributed by atoms with van der Waals surface area (Å²) < 4.78 is 1.70. The first-order chi connectivity index (χ1) is 9.19. The molecule has 0 bridgehead atoms. The van der Waals surface area contributed by atoms with Gasteiger partial charge in [0.1, 0.15) is 5.82 Å². The standard InChI is InChI=1S/C13H19N5O/c1-3-10(2)16-13(19)5-7-14-11-6-9-18-12(17-11)4-8-15-18/h4,6,8-10H,3,5,7H2,1-2H3,(H,14,17)(H,16,19). The van der Waals surface area contributed by atoms with Gasteiger partial charge >= 0.3 is 0 Å². The van der Waals surface area contributed by atoms with E-state index in [1.165, 1.54) is 0 Å². The molecule has 0 aliphatic heterocycles. The third-order valence-corrected chi connectivity index (χ3v) is 2.94. The van der Waals surface area contributed by atoms with Crippen molar-refractivity contribution in [3.8, 4) is 0 Å². The monoisotopic (exact) mass is 261 g/mol. The summed E-state index contributed by atoms with van der Waals surface area (Å²) in [6.45, 7) is 4.62. The molecule has 1 unspecified atom stereocenters. The summed E-state index contributed by atoms with van der Waals surface area (Å²) in [7, 11) is 0. The zero-order valence-corrected chi connectivity index (χ0v) is 11.3. The molecular formula is C13H19N5O. The van der Waals surface area contributed by atoms with Crippen molar-refractivity contribution in [1.82, 2.24) is 19.9 Å². The molecule has 2 rings (SSSR count). The molecule has 0 fully saturated rings. The highest BCUT2D eigenvalue weighted by atomic mass is 16.1. The quantitative estimate of drug-likeness (QED) is 0.825. The molecular weight excluding hydrogens is 242 g/mol. The number of hydrogen-bond donors (Lipinski definition) is 2. The number of carbonyl (C=O) groups excluding carboxylic acids is 1. The number of fused-ring (bicyclic) bond motifs is 1. The Kier molecular flexibility index (Phi) is 4.33. The Morgan fingerprint density at radius 3 is 3.11 bits per heavy atom. The van der Waals surface area contributed by atoms with Crippen LogP contribution >= 0.6 is 0 Å². The molecule has 0 saturated carbocycles. The van der Waals surface area contributed by atoms with Crippen LogP contribution in [0.3, 0.4) is 0 Å². The molecule has 6 nitrogen and oxygen atoms in total. The van der Waals surface area contributed by atoms with Crippen molar-refractivity contribution >= 4 is 17.4 Å². The highest BCUT2D eigenvalue weighted by Gasteiger charge is 2.05. The van der Waals surface area contributed by atoms with Gasteiger partial charge in [0.25, 0.3) is 0 Å². The number of rotatable bonds is 6. The fraction of sp³-hybridized carbons (Fsp3) is 0.462. The molecule has 0 aromatic carbocycles. The number of nitrogens with zero attached hydrogens (tertiary/aromatic N) is 3. The number of carbonyl (C=O) groups is 1. The van der Waals surface area contributed by atoms with Gasteiger partial charge in [0.2, 0.25) is 5.91 Å². The van der Waals surface area contributed by atoms with E-state index in [9.17, 15) is 4.79 Å². The van der Waals surface area contributed by atoms with Crippen LogP contribution in [-0.4, -0.2) is 33.1 Å². The summed E-state index contributed by atoms with van der Waals surface area (Å²) in [6, 6.07) is 3.90. The van der Waals surface area contributed by atoms with E-state index in [4.69, 9.17) is 0 Å². The molecule has 0 spiro atoms. The van der Waals surface area contributed by atoms with E-state index in [1.807, 2.05) is 32.2 Å². The van der Waals surface area contributed by atoms with E-state index in [0.29, 0.717) is 13.0 Å². The van der Waals surface area contributed by atoms with Crippen LogP contribution in [0, 0.1) is 0 Å². The van der Waals surface area contributed by atoms with Crippen LogP contribution in [0.4, 0.5) is 5.82 Å². The maximum Gasteiger partial charge on any atom is 0.221 e. The van der Waals surface area contributed by atoms with Gasteiger partial charge in [-0.3, -0.25) is 4.79 Å². The minimum Gasteiger partial charge on any atom is -0.369 e. The van der Waals surface area contributed by atoms with Crippen LogP contribution in [0.25, 0.3) is 5.65 Å². The Bertz CT molecular complexity index is 551. The van der Waals surface area contributed by atoms with Crippen molar-refractivity contribution in [2.24, 2.45) is 0 Å². The number of amides is 1. The SMILES string of the molecule is CCC(C)NC(=O)CCNc1ccn2nccc2n1. The van der Waals surface area contributed by atoms with Gasteiger partial charge in [-0.2, -0.15) is 5.10 Å². The average molecular weight is 261 g/mol. The van der Waals surface area contributed by atoms with Gasteiger partial charge in [-0.1, -0.05) is 6.92 Å². The summed E-state index contributed by atoms with van der Waals surface area (Å²) >= 11 is 0. The second-order valence-electron chi connectivity index (χ2n) is 4.50. The maximum absolute atomic E-state index is 11.6. The Morgan fingerprint density at radius 2 is 2.32 bits per heavy atom. The van der Waals surface area contributed by atoms with Crippen LogP contribution in [-0.2, 0) is 4.79 Å². The van der Waals surface area contributed by atoms with Crippen molar-refractivity contribution in [3.05, 3.63) is 24.5 Å². The molecule has 2 N–H and O–H groups in total. The molecule has 0 saturated heterocycles. The number of aromatic nitrogens is 3. The summed E-state index contributed by atoms with van der Waals surface area (Å²) in [6.07, 6.45) is 4.92. The van der Waals surface area contributed by atoms with Crippen LogP contribution in [0.15, 0.2) is 24.5 Å². The second kappa shape index (κ2) is 6.17. The van der Waals surface area contributed by atoms with Crippen LogP contribution in [0.1, 0.15) is 26.7 Å². The van der Waals surface area contributed by atoms with Crippen molar-refractivity contribution in [2.45, 2.75) is 32.7 Å². The number of anilines is 1. The summed E-state index contributed by atoms with van der Waals surface area (Å²) in [4.78, 5) is 16.0. The first-order valence-corrected chi connectivity index (χ1v) is 6.52. The van der Waals surface area contributed by atoms with Crippen LogP contribution < -0.4 is 10.6 Å². The van der Waals surface area contributed by atoms with Gasteiger partial charge in [-0.05, 0) is 19.4 Å². The zero-order chi connectivity index (χ0) is 13.7. The van der Waals surface area contributed by atoms with E-state index in [0.717, 1.165) is 17.9 Å². The molecule has 2 aromatic heterocycles. The fourth-order valence-electron chi connectivity index (χ4n) is 1.66. The lowest BCUT2D eigenvalue weighted by atomic mass is 10.2. The molecule has 0 radical (unpaired) electrons. The Hall–Kier alpha value is -2.11. The van der Waals surface area contributed by atoms with Crippen LogP contribution in [0.2, 0.25) is 0 Å². The van der Waals surface area contributed by atoms with Crippen LogP contribution in [0.5, 0.6) is 0 Å². The van der Waals surface area contributed by atoms with E-state index < -0.39 is 0 Å². The first-order valence-electron chi connectivity index (χ1n) is 6.52. The van der Waals surface area contributed by atoms with Gasteiger partial charge in [-0.25, -0.2) is 9.50 Å². The van der Waals surface area contributed by atoms with Gasteiger partial charge in [0.05, 0.1) is 6.20 Å². The second-order valence-corrected chi connectivity index (χ2v) is 4.50. The molecule has 1 amide bonds. The smallest absolute Gasteiger partial charge is 0.221 e. The summed E-state index contributed by atoms with van der Waals surface area (Å²) in [5.41, 5.74) is 0.786. The minimum atomic E-state index is 0.0623. The largest absolute Gasteiger partial charge is 0.369 e. The van der Waals surface area contributed by atoms with Gasteiger partial charge in [0, 0.05) is 31.3 Å². The lowest BCUT2D eigenvalue weighted by Crippen LogP contribution is -2.33. The molecule has 6 heteroatoms. The minimum absolute atomic E-state index is 0.0623. The third kappa shape index (κ3) is 3.67. The highest BCUT2D eigenvalue weighted by molar-refractivity contribution is 5.76. The van der Waals surface area contributed by atoms with E-state index >= 15 is 0 Å². The maximum atomic E-state index is 11.6. The molecule has 19 heavy (non-hydrogen) atoms. The van der Waals surface area contributed by atoms with Crippen molar-refractivity contribution in [2.75, 3.05) is 11.9 Å². The van der Waals surface area contributed by atoms with Crippen molar-refractivity contribution in [1.29, 1.82) is 0 Å². The summed E-state index contributed by atoms with van der Waals surface area (Å²) in [5.74, 6) is 0.816. The molecule has 102 valence electrons. The molecule has 0 aliphatic rings. The topological polar surface area (TPSA) is 71.3 Å². The molecule has 1 atom stereocenters. The number of hydrogen-bond acceptors (Lipinski definition) is 4. The predicted octanol–water partition coefficient (Wildman–Crippen LogP) is 1.45.